The molecule has 2 unspecified atom stereocenters. The van der Waals surface area contributed by atoms with Crippen LogP contribution >= 0.6 is 0 Å². The second kappa shape index (κ2) is 4.31. The summed E-state index contributed by atoms with van der Waals surface area (Å²) in [6.45, 7) is 3.08. The molecule has 1 saturated heterocycles. The van der Waals surface area contributed by atoms with Gasteiger partial charge in [-0.2, -0.15) is 0 Å². The van der Waals surface area contributed by atoms with Gasteiger partial charge in [-0.1, -0.05) is 0 Å². The van der Waals surface area contributed by atoms with E-state index in [1.165, 1.54) is 6.07 Å². The Morgan fingerprint density at radius 3 is 2.83 bits per heavy atom. The second-order valence-corrected chi connectivity index (χ2v) is 4.98. The van der Waals surface area contributed by atoms with E-state index in [4.69, 9.17) is 0 Å². The van der Waals surface area contributed by atoms with E-state index in [1.807, 2.05) is 0 Å². The van der Waals surface area contributed by atoms with Crippen molar-refractivity contribution in [1.82, 2.24) is 15.3 Å². The molecule has 0 saturated carbocycles. The molecule has 1 aromatic heterocycles. The summed E-state index contributed by atoms with van der Waals surface area (Å²) < 4.78 is 26.3. The van der Waals surface area contributed by atoms with Crippen molar-refractivity contribution < 1.29 is 8.78 Å². The third-order valence-corrected chi connectivity index (χ3v) is 3.55. The first-order chi connectivity index (χ1) is 8.63. The maximum Gasteiger partial charge on any atom is 0.161 e. The normalized spacial score (nSPS) is 24.6. The molecule has 3 rings (SSSR count). The average Bonchev–Trinajstić information content (AvgIpc) is 2.73. The van der Waals surface area contributed by atoms with Gasteiger partial charge in [0.25, 0.3) is 0 Å². The number of hydrogen-bond donors (Lipinski definition) is 2. The van der Waals surface area contributed by atoms with Gasteiger partial charge in [0, 0.05) is 24.1 Å². The zero-order chi connectivity index (χ0) is 12.7. The Balaban J connectivity index is 1.97. The molecule has 96 valence electrons. The van der Waals surface area contributed by atoms with E-state index in [1.54, 1.807) is 0 Å². The van der Waals surface area contributed by atoms with Gasteiger partial charge in [0.05, 0.1) is 11.0 Å². The van der Waals surface area contributed by atoms with Gasteiger partial charge < -0.3 is 10.3 Å². The van der Waals surface area contributed by atoms with Gasteiger partial charge in [-0.05, 0) is 26.3 Å². The van der Waals surface area contributed by atoms with Gasteiger partial charge in [-0.3, -0.25) is 0 Å². The lowest BCUT2D eigenvalue weighted by Gasteiger charge is -2.26. The standard InChI is InChI=1S/C13H15F2N3/c1-7-4-8(2-3-16-7)13-17-11-5-9(14)10(15)6-12(11)18-13/h5-8,16H,2-4H2,1H3,(H,17,18). The summed E-state index contributed by atoms with van der Waals surface area (Å²) in [7, 11) is 0. The van der Waals surface area contributed by atoms with Crippen LogP contribution in [0.25, 0.3) is 11.0 Å². The SMILES string of the molecule is CC1CC(c2nc3cc(F)c(F)cc3[nH]2)CCN1. The molecule has 5 heteroatoms. The first-order valence-electron chi connectivity index (χ1n) is 6.21. The Morgan fingerprint density at radius 2 is 2.06 bits per heavy atom. The highest BCUT2D eigenvalue weighted by Crippen LogP contribution is 2.27. The van der Waals surface area contributed by atoms with Crippen LogP contribution in [0.1, 0.15) is 31.5 Å². The highest BCUT2D eigenvalue weighted by atomic mass is 19.2. The molecule has 0 spiro atoms. The fourth-order valence-corrected chi connectivity index (χ4v) is 2.60. The molecule has 1 aliphatic rings. The van der Waals surface area contributed by atoms with Gasteiger partial charge in [0.1, 0.15) is 5.82 Å². The number of piperidine rings is 1. The Labute approximate surface area is 104 Å². The van der Waals surface area contributed by atoms with Gasteiger partial charge in [-0.25, -0.2) is 13.8 Å². The van der Waals surface area contributed by atoms with Crippen molar-refractivity contribution in [3.63, 3.8) is 0 Å². The zero-order valence-electron chi connectivity index (χ0n) is 10.1. The molecule has 1 aromatic carbocycles. The Kier molecular flexibility index (Phi) is 2.78. The van der Waals surface area contributed by atoms with Crippen LogP contribution in [-0.2, 0) is 0 Å². The van der Waals surface area contributed by atoms with E-state index in [0.29, 0.717) is 23.0 Å². The summed E-state index contributed by atoms with van der Waals surface area (Å²) in [5, 5.41) is 3.37. The molecule has 1 fully saturated rings. The summed E-state index contributed by atoms with van der Waals surface area (Å²) in [6.07, 6.45) is 1.99. The number of benzene rings is 1. The minimum absolute atomic E-state index is 0.333. The quantitative estimate of drug-likeness (QED) is 0.818. The van der Waals surface area contributed by atoms with Gasteiger partial charge in [0.15, 0.2) is 11.6 Å². The van der Waals surface area contributed by atoms with E-state index < -0.39 is 11.6 Å². The Morgan fingerprint density at radius 1 is 1.28 bits per heavy atom. The smallest absolute Gasteiger partial charge is 0.161 e. The number of nitrogens with zero attached hydrogens (tertiary/aromatic N) is 1. The lowest BCUT2D eigenvalue weighted by Crippen LogP contribution is -2.35. The predicted octanol–water partition coefficient (Wildman–Crippen LogP) is 2.70. The van der Waals surface area contributed by atoms with Crippen molar-refractivity contribution in [2.45, 2.75) is 31.7 Å². The van der Waals surface area contributed by atoms with Crippen molar-refractivity contribution in [2.24, 2.45) is 0 Å². The summed E-state index contributed by atoms with van der Waals surface area (Å²) in [6, 6.07) is 2.77. The van der Waals surface area contributed by atoms with Crippen molar-refractivity contribution in [3.05, 3.63) is 29.6 Å². The first kappa shape index (κ1) is 11.6. The molecule has 3 nitrogen and oxygen atoms in total. The van der Waals surface area contributed by atoms with Crippen LogP contribution in [0.2, 0.25) is 0 Å². The predicted molar refractivity (Wildman–Crippen MR) is 65.4 cm³/mol. The van der Waals surface area contributed by atoms with Crippen LogP contribution in [0, 0.1) is 11.6 Å². The number of halogens is 2. The van der Waals surface area contributed by atoms with E-state index >= 15 is 0 Å². The number of rotatable bonds is 1. The summed E-state index contributed by atoms with van der Waals surface area (Å²) in [5.41, 5.74) is 1.06. The number of imidazole rings is 1. The topological polar surface area (TPSA) is 40.7 Å². The number of fused-ring (bicyclic) bond motifs is 1. The molecule has 0 radical (unpaired) electrons. The van der Waals surface area contributed by atoms with E-state index in [2.05, 4.69) is 22.2 Å². The Hall–Kier alpha value is -1.49. The number of aromatic amines is 1. The molecule has 1 aliphatic heterocycles. The summed E-state index contributed by atoms with van der Waals surface area (Å²) in [4.78, 5) is 7.49. The van der Waals surface area contributed by atoms with E-state index in [0.717, 1.165) is 31.3 Å². The van der Waals surface area contributed by atoms with Crippen LogP contribution in [-0.4, -0.2) is 22.6 Å². The van der Waals surface area contributed by atoms with Gasteiger partial charge in [-0.15, -0.1) is 0 Å². The number of aromatic nitrogens is 2. The first-order valence-corrected chi connectivity index (χ1v) is 6.21. The van der Waals surface area contributed by atoms with E-state index in [-0.39, 0.29) is 0 Å². The van der Waals surface area contributed by atoms with Crippen LogP contribution in [0.4, 0.5) is 8.78 Å². The summed E-state index contributed by atoms with van der Waals surface area (Å²) >= 11 is 0. The lowest BCUT2D eigenvalue weighted by molar-refractivity contribution is 0.373. The molecular weight excluding hydrogens is 236 g/mol. The highest BCUT2D eigenvalue weighted by molar-refractivity contribution is 5.75. The fraction of sp³-hybridized carbons (Fsp3) is 0.462. The number of hydrogen-bond acceptors (Lipinski definition) is 2. The highest BCUT2D eigenvalue weighted by Gasteiger charge is 2.22. The van der Waals surface area contributed by atoms with Gasteiger partial charge in [0.2, 0.25) is 0 Å². The molecule has 0 aliphatic carbocycles. The molecule has 0 bridgehead atoms. The van der Waals surface area contributed by atoms with Crippen LogP contribution in [0.3, 0.4) is 0 Å². The molecule has 0 amide bonds. The third-order valence-electron chi connectivity index (χ3n) is 3.55. The molecule has 2 atom stereocenters. The minimum Gasteiger partial charge on any atom is -0.342 e. The van der Waals surface area contributed by atoms with Crippen molar-refractivity contribution in [3.8, 4) is 0 Å². The van der Waals surface area contributed by atoms with Crippen molar-refractivity contribution in [1.29, 1.82) is 0 Å². The summed E-state index contributed by atoms with van der Waals surface area (Å²) in [5.74, 6) is -0.515. The fourth-order valence-electron chi connectivity index (χ4n) is 2.60. The minimum atomic E-state index is -0.848. The monoisotopic (exact) mass is 251 g/mol. The molecule has 2 N–H and O–H groups in total. The molecule has 2 heterocycles. The average molecular weight is 251 g/mol. The largest absolute Gasteiger partial charge is 0.342 e. The number of H-pyrrole nitrogens is 1. The molecular formula is C13H15F2N3. The molecule has 18 heavy (non-hydrogen) atoms. The maximum atomic E-state index is 13.1. The van der Waals surface area contributed by atoms with Crippen LogP contribution in [0.15, 0.2) is 12.1 Å². The van der Waals surface area contributed by atoms with Crippen molar-refractivity contribution in [2.75, 3.05) is 6.54 Å². The van der Waals surface area contributed by atoms with E-state index in [9.17, 15) is 8.78 Å². The van der Waals surface area contributed by atoms with Crippen LogP contribution in [0.5, 0.6) is 0 Å². The Bertz CT molecular complexity index is 540. The third kappa shape index (κ3) is 1.99. The van der Waals surface area contributed by atoms with Gasteiger partial charge >= 0.3 is 0 Å². The lowest BCUT2D eigenvalue weighted by atomic mass is 9.93. The van der Waals surface area contributed by atoms with Crippen molar-refractivity contribution >= 4 is 11.0 Å². The van der Waals surface area contributed by atoms with Crippen LogP contribution < -0.4 is 5.32 Å². The number of nitrogens with one attached hydrogen (secondary N) is 2. The second-order valence-electron chi connectivity index (χ2n) is 4.98. The maximum absolute atomic E-state index is 13.1. The zero-order valence-corrected chi connectivity index (χ0v) is 10.1. The molecule has 2 aromatic rings.